The van der Waals surface area contributed by atoms with Crippen molar-refractivity contribution in [1.82, 2.24) is 9.78 Å². The van der Waals surface area contributed by atoms with Crippen molar-refractivity contribution in [2.24, 2.45) is 5.73 Å². The van der Waals surface area contributed by atoms with E-state index < -0.39 is 0 Å². The number of rotatable bonds is 5. The molecule has 0 aliphatic rings. The molecule has 1 atom stereocenters. The van der Waals surface area contributed by atoms with Gasteiger partial charge in [0.25, 0.3) is 0 Å². The monoisotopic (exact) mass is 259 g/mol. The van der Waals surface area contributed by atoms with E-state index in [0.29, 0.717) is 6.04 Å². The van der Waals surface area contributed by atoms with E-state index in [2.05, 4.69) is 25.9 Å². The van der Waals surface area contributed by atoms with E-state index in [-0.39, 0.29) is 6.04 Å². The van der Waals surface area contributed by atoms with E-state index in [9.17, 15) is 0 Å². The van der Waals surface area contributed by atoms with Crippen LogP contribution in [0.15, 0.2) is 36.7 Å². The summed E-state index contributed by atoms with van der Waals surface area (Å²) in [5, 5.41) is 4.27. The van der Waals surface area contributed by atoms with Gasteiger partial charge in [-0.15, -0.1) is 0 Å². The van der Waals surface area contributed by atoms with Crippen LogP contribution in [0.3, 0.4) is 0 Å². The number of hydrogen-bond donors (Lipinski definition) is 1. The summed E-state index contributed by atoms with van der Waals surface area (Å²) in [6.07, 6.45) is 4.51. The molecule has 0 aliphatic heterocycles. The van der Waals surface area contributed by atoms with E-state index in [1.165, 1.54) is 0 Å². The highest BCUT2D eigenvalue weighted by atomic mass is 16.5. The Kier molecular flexibility index (Phi) is 4.22. The minimum atomic E-state index is -0.00339. The highest BCUT2D eigenvalue weighted by Gasteiger charge is 2.11. The average Bonchev–Trinajstić information content (AvgIpc) is 2.87. The molecule has 2 aromatic rings. The molecule has 0 amide bonds. The van der Waals surface area contributed by atoms with Crippen LogP contribution in [0.5, 0.6) is 11.5 Å². The summed E-state index contributed by atoms with van der Waals surface area (Å²) in [5.74, 6) is 1.55. The molecule has 0 bridgehead atoms. The SMILES string of the molecule is CCC(N)c1ccccc1Oc1cnn(C(C)C)c1. The van der Waals surface area contributed by atoms with E-state index >= 15 is 0 Å². The van der Waals surface area contributed by atoms with E-state index in [1.807, 2.05) is 35.1 Å². The molecular formula is C15H21N3O. The lowest BCUT2D eigenvalue weighted by Crippen LogP contribution is -2.09. The third kappa shape index (κ3) is 3.15. The van der Waals surface area contributed by atoms with Gasteiger partial charge in [-0.25, -0.2) is 0 Å². The molecular weight excluding hydrogens is 238 g/mol. The van der Waals surface area contributed by atoms with Gasteiger partial charge in [0.05, 0.1) is 12.4 Å². The van der Waals surface area contributed by atoms with Crippen molar-refractivity contribution in [3.63, 3.8) is 0 Å². The maximum absolute atomic E-state index is 6.10. The van der Waals surface area contributed by atoms with Gasteiger partial charge in [-0.2, -0.15) is 5.10 Å². The lowest BCUT2D eigenvalue weighted by molar-refractivity contribution is 0.464. The van der Waals surface area contributed by atoms with E-state index in [1.54, 1.807) is 6.20 Å². The summed E-state index contributed by atoms with van der Waals surface area (Å²) in [6.45, 7) is 6.23. The highest BCUT2D eigenvalue weighted by Crippen LogP contribution is 2.29. The molecule has 19 heavy (non-hydrogen) atoms. The molecule has 0 saturated heterocycles. The van der Waals surface area contributed by atoms with Crippen molar-refractivity contribution in [1.29, 1.82) is 0 Å². The second kappa shape index (κ2) is 5.89. The van der Waals surface area contributed by atoms with Gasteiger partial charge in [0.15, 0.2) is 5.75 Å². The van der Waals surface area contributed by atoms with Gasteiger partial charge in [0.1, 0.15) is 5.75 Å². The molecule has 0 radical (unpaired) electrons. The Morgan fingerprint density at radius 1 is 1.32 bits per heavy atom. The zero-order valence-electron chi connectivity index (χ0n) is 11.7. The first kappa shape index (κ1) is 13.6. The predicted molar refractivity (Wildman–Crippen MR) is 76.3 cm³/mol. The lowest BCUT2D eigenvalue weighted by Gasteiger charge is -2.14. The third-order valence-corrected chi connectivity index (χ3v) is 3.09. The van der Waals surface area contributed by atoms with Gasteiger partial charge < -0.3 is 10.5 Å². The maximum Gasteiger partial charge on any atom is 0.165 e. The number of hydrogen-bond acceptors (Lipinski definition) is 3. The van der Waals surface area contributed by atoms with E-state index in [0.717, 1.165) is 23.5 Å². The first-order valence-electron chi connectivity index (χ1n) is 6.68. The molecule has 1 unspecified atom stereocenters. The van der Waals surface area contributed by atoms with Crippen LogP contribution in [0.1, 0.15) is 44.8 Å². The summed E-state index contributed by atoms with van der Waals surface area (Å²) < 4.78 is 7.77. The van der Waals surface area contributed by atoms with Crippen molar-refractivity contribution in [2.75, 3.05) is 0 Å². The van der Waals surface area contributed by atoms with Crippen LogP contribution in [0, 0.1) is 0 Å². The molecule has 4 nitrogen and oxygen atoms in total. The van der Waals surface area contributed by atoms with Gasteiger partial charge in [0, 0.05) is 17.6 Å². The third-order valence-electron chi connectivity index (χ3n) is 3.09. The summed E-state index contributed by atoms with van der Waals surface area (Å²) in [6, 6.07) is 8.21. The number of nitrogens with two attached hydrogens (primary N) is 1. The predicted octanol–water partition coefficient (Wildman–Crippen LogP) is 3.67. The van der Waals surface area contributed by atoms with Gasteiger partial charge in [-0.3, -0.25) is 4.68 Å². The van der Waals surface area contributed by atoms with Crippen LogP contribution in [0.2, 0.25) is 0 Å². The zero-order valence-corrected chi connectivity index (χ0v) is 11.7. The first-order chi connectivity index (χ1) is 9.11. The maximum atomic E-state index is 6.10. The van der Waals surface area contributed by atoms with Crippen molar-refractivity contribution in [3.05, 3.63) is 42.2 Å². The minimum absolute atomic E-state index is 0.00339. The first-order valence-corrected chi connectivity index (χ1v) is 6.68. The Bertz CT molecular complexity index is 534. The summed E-state index contributed by atoms with van der Waals surface area (Å²) in [5.41, 5.74) is 7.13. The zero-order chi connectivity index (χ0) is 13.8. The van der Waals surface area contributed by atoms with Gasteiger partial charge in [-0.05, 0) is 26.3 Å². The fourth-order valence-corrected chi connectivity index (χ4v) is 1.88. The molecule has 1 aromatic heterocycles. The fourth-order valence-electron chi connectivity index (χ4n) is 1.88. The quantitative estimate of drug-likeness (QED) is 0.891. The molecule has 0 aliphatic carbocycles. The number of aromatic nitrogens is 2. The van der Waals surface area contributed by atoms with Gasteiger partial charge in [-0.1, -0.05) is 25.1 Å². The summed E-state index contributed by atoms with van der Waals surface area (Å²) in [7, 11) is 0. The summed E-state index contributed by atoms with van der Waals surface area (Å²) >= 11 is 0. The number of nitrogens with zero attached hydrogens (tertiary/aromatic N) is 2. The molecule has 2 rings (SSSR count). The minimum Gasteiger partial charge on any atom is -0.454 e. The molecule has 102 valence electrons. The smallest absolute Gasteiger partial charge is 0.165 e. The van der Waals surface area contributed by atoms with Crippen molar-refractivity contribution < 1.29 is 4.74 Å². The Morgan fingerprint density at radius 2 is 2.05 bits per heavy atom. The number of benzene rings is 1. The number of para-hydroxylation sites is 1. The number of ether oxygens (including phenoxy) is 1. The van der Waals surface area contributed by atoms with Crippen LogP contribution in [0.4, 0.5) is 0 Å². The van der Waals surface area contributed by atoms with Crippen LogP contribution >= 0.6 is 0 Å². The van der Waals surface area contributed by atoms with Crippen molar-refractivity contribution in [2.45, 2.75) is 39.3 Å². The van der Waals surface area contributed by atoms with Crippen LogP contribution in [0.25, 0.3) is 0 Å². The lowest BCUT2D eigenvalue weighted by atomic mass is 10.0. The molecule has 0 spiro atoms. The van der Waals surface area contributed by atoms with Crippen LogP contribution in [-0.4, -0.2) is 9.78 Å². The van der Waals surface area contributed by atoms with Crippen molar-refractivity contribution >= 4 is 0 Å². The molecule has 1 heterocycles. The molecule has 0 saturated carbocycles. The average molecular weight is 259 g/mol. The summed E-state index contributed by atoms with van der Waals surface area (Å²) in [4.78, 5) is 0. The topological polar surface area (TPSA) is 53.1 Å². The fraction of sp³-hybridized carbons (Fsp3) is 0.400. The largest absolute Gasteiger partial charge is 0.454 e. The molecule has 1 aromatic carbocycles. The standard InChI is InChI=1S/C15H21N3O/c1-4-14(16)13-7-5-6-8-15(13)19-12-9-17-18(10-12)11(2)3/h5-11,14H,4,16H2,1-3H3. The van der Waals surface area contributed by atoms with Gasteiger partial charge in [0.2, 0.25) is 0 Å². The van der Waals surface area contributed by atoms with E-state index in [4.69, 9.17) is 10.5 Å². The van der Waals surface area contributed by atoms with Crippen molar-refractivity contribution in [3.8, 4) is 11.5 Å². The Hall–Kier alpha value is -1.81. The Labute approximate surface area is 114 Å². The van der Waals surface area contributed by atoms with Crippen LogP contribution in [-0.2, 0) is 0 Å². The normalized spacial score (nSPS) is 12.7. The second-order valence-corrected chi connectivity index (χ2v) is 4.90. The highest BCUT2D eigenvalue weighted by molar-refractivity contribution is 5.38. The van der Waals surface area contributed by atoms with Gasteiger partial charge >= 0.3 is 0 Å². The molecule has 2 N–H and O–H groups in total. The second-order valence-electron chi connectivity index (χ2n) is 4.90. The Balaban J connectivity index is 2.22. The molecule has 0 fully saturated rings. The molecule has 4 heteroatoms. The van der Waals surface area contributed by atoms with Crippen LogP contribution < -0.4 is 10.5 Å². The Morgan fingerprint density at radius 3 is 2.68 bits per heavy atom.